The number of methoxy groups -OCH3 is 1. The van der Waals surface area contributed by atoms with Crippen molar-refractivity contribution in [2.75, 3.05) is 13.7 Å². The number of hydrogen-bond donors (Lipinski definition) is 0. The van der Waals surface area contributed by atoms with Crippen LogP contribution in [-0.2, 0) is 23.8 Å². The number of hydrogen-bond acceptors (Lipinski definition) is 5. The Hall–Kier alpha value is -1.20. The topological polar surface area (TPSA) is 65.1 Å². The van der Waals surface area contributed by atoms with Gasteiger partial charge in [0, 0.05) is 32.3 Å². The molecular formula is C25H36O5. The zero-order valence-corrected chi connectivity index (χ0v) is 18.9. The van der Waals surface area contributed by atoms with E-state index in [-0.39, 0.29) is 34.8 Å². The molecular weight excluding hydrogens is 380 g/mol. The molecule has 0 aromatic rings. The molecule has 8 atom stereocenters. The summed E-state index contributed by atoms with van der Waals surface area (Å²) in [6, 6.07) is 0. The van der Waals surface area contributed by atoms with Crippen molar-refractivity contribution in [1.82, 2.24) is 0 Å². The molecule has 1 aliphatic heterocycles. The van der Waals surface area contributed by atoms with Crippen molar-refractivity contribution in [2.45, 2.75) is 89.9 Å². The molecule has 3 saturated carbocycles. The molecule has 4 fully saturated rings. The van der Waals surface area contributed by atoms with Gasteiger partial charge in [0.05, 0.1) is 12.7 Å². The van der Waals surface area contributed by atoms with Gasteiger partial charge in [0.25, 0.3) is 0 Å². The van der Waals surface area contributed by atoms with Gasteiger partial charge in [-0.25, -0.2) is 0 Å². The third kappa shape index (κ3) is 2.67. The van der Waals surface area contributed by atoms with Gasteiger partial charge in [-0.05, 0) is 61.7 Å². The van der Waals surface area contributed by atoms with E-state index in [0.717, 1.165) is 38.5 Å². The molecule has 0 bridgehead atoms. The summed E-state index contributed by atoms with van der Waals surface area (Å²) in [5, 5.41) is 0. The van der Waals surface area contributed by atoms with Crippen molar-refractivity contribution in [3.8, 4) is 0 Å². The minimum atomic E-state index is -0.543. The molecule has 0 aromatic heterocycles. The molecule has 5 rings (SSSR count). The average Bonchev–Trinajstić information content (AvgIpc) is 3.38. The second kappa shape index (κ2) is 6.90. The number of ketones is 1. The number of allylic oxidation sites excluding steroid dienone is 1. The summed E-state index contributed by atoms with van der Waals surface area (Å²) < 4.78 is 16.9. The predicted molar refractivity (Wildman–Crippen MR) is 112 cm³/mol. The van der Waals surface area contributed by atoms with E-state index in [1.807, 2.05) is 0 Å². The number of carbonyl (C=O) groups excluding carboxylic acids is 2. The maximum absolute atomic E-state index is 13.1. The van der Waals surface area contributed by atoms with Crippen molar-refractivity contribution in [2.24, 2.45) is 28.6 Å². The van der Waals surface area contributed by atoms with E-state index in [0.29, 0.717) is 30.8 Å². The highest BCUT2D eigenvalue weighted by molar-refractivity contribution is 5.92. The molecule has 0 aromatic carbocycles. The van der Waals surface area contributed by atoms with Crippen molar-refractivity contribution < 1.29 is 23.8 Å². The minimum absolute atomic E-state index is 0.0414. The van der Waals surface area contributed by atoms with Gasteiger partial charge in [0.2, 0.25) is 0 Å². The van der Waals surface area contributed by atoms with Crippen LogP contribution in [0.15, 0.2) is 11.6 Å². The zero-order chi connectivity index (χ0) is 21.3. The van der Waals surface area contributed by atoms with Gasteiger partial charge in [-0.3, -0.25) is 9.59 Å². The number of ether oxygens (including phenoxy) is 3. The van der Waals surface area contributed by atoms with Crippen LogP contribution in [0.4, 0.5) is 0 Å². The highest BCUT2D eigenvalue weighted by atomic mass is 16.6. The van der Waals surface area contributed by atoms with Crippen LogP contribution in [0.1, 0.15) is 72.1 Å². The van der Waals surface area contributed by atoms with E-state index < -0.39 is 5.60 Å². The lowest BCUT2D eigenvalue weighted by Crippen LogP contribution is -2.54. The van der Waals surface area contributed by atoms with E-state index in [4.69, 9.17) is 14.2 Å². The Morgan fingerprint density at radius 2 is 2.00 bits per heavy atom. The van der Waals surface area contributed by atoms with Gasteiger partial charge < -0.3 is 14.2 Å². The second-order valence-electron chi connectivity index (χ2n) is 10.9. The number of fused-ring (bicyclic) bond motifs is 7. The van der Waals surface area contributed by atoms with E-state index in [1.54, 1.807) is 7.11 Å². The third-order valence-corrected chi connectivity index (χ3v) is 9.77. The van der Waals surface area contributed by atoms with Crippen LogP contribution < -0.4 is 0 Å². The fraction of sp³-hybridized carbons (Fsp3) is 0.840. The lowest BCUT2D eigenvalue weighted by atomic mass is 9.47. The molecule has 5 heteroatoms. The molecule has 1 saturated heterocycles. The van der Waals surface area contributed by atoms with Crippen LogP contribution in [0, 0.1) is 28.6 Å². The number of epoxide rings is 1. The molecule has 30 heavy (non-hydrogen) atoms. The molecule has 5 nitrogen and oxygen atoms in total. The Kier molecular flexibility index (Phi) is 4.76. The van der Waals surface area contributed by atoms with Gasteiger partial charge >= 0.3 is 5.97 Å². The summed E-state index contributed by atoms with van der Waals surface area (Å²) in [7, 11) is 1.66. The van der Waals surface area contributed by atoms with E-state index in [2.05, 4.69) is 19.9 Å². The van der Waals surface area contributed by atoms with Crippen LogP contribution >= 0.6 is 0 Å². The normalized spacial score (nSPS) is 48.5. The van der Waals surface area contributed by atoms with Gasteiger partial charge in [-0.15, -0.1) is 0 Å². The first-order chi connectivity index (χ1) is 14.3. The van der Waals surface area contributed by atoms with Crippen molar-refractivity contribution in [3.63, 3.8) is 0 Å². The van der Waals surface area contributed by atoms with Crippen LogP contribution in [-0.4, -0.2) is 43.3 Å². The molecule has 4 aliphatic carbocycles. The molecule has 166 valence electrons. The summed E-state index contributed by atoms with van der Waals surface area (Å²) in [5.41, 5.74) is 1.14. The van der Waals surface area contributed by atoms with Crippen LogP contribution in [0.5, 0.6) is 0 Å². The van der Waals surface area contributed by atoms with Gasteiger partial charge in [0.1, 0.15) is 6.10 Å². The average molecular weight is 417 g/mol. The SMILES string of the molecule is COCCC(=O)[C@]12O[C@@H]1C[C@@H]1[C@H]3CC=C4C[C@@H](OC(C)=O)CC[C@]4(C)[C@@H]3CC[C@]12C. The Balaban J connectivity index is 1.38. The highest BCUT2D eigenvalue weighted by Crippen LogP contribution is 2.73. The van der Waals surface area contributed by atoms with E-state index in [1.165, 1.54) is 18.9 Å². The minimum Gasteiger partial charge on any atom is -0.462 e. The Morgan fingerprint density at radius 3 is 2.73 bits per heavy atom. The summed E-state index contributed by atoms with van der Waals surface area (Å²) in [6.07, 6.45) is 10.4. The van der Waals surface area contributed by atoms with Gasteiger partial charge in [0.15, 0.2) is 11.4 Å². The van der Waals surface area contributed by atoms with E-state index >= 15 is 0 Å². The Morgan fingerprint density at radius 1 is 1.20 bits per heavy atom. The molecule has 0 N–H and O–H groups in total. The second-order valence-corrected chi connectivity index (χ2v) is 10.9. The molecule has 5 aliphatic rings. The molecule has 0 amide bonds. The van der Waals surface area contributed by atoms with Crippen molar-refractivity contribution >= 4 is 11.8 Å². The first-order valence-electron chi connectivity index (χ1n) is 11.8. The molecule has 1 heterocycles. The maximum atomic E-state index is 13.1. The molecule has 0 spiro atoms. The lowest BCUT2D eigenvalue weighted by molar-refractivity contribution is -0.149. The largest absolute Gasteiger partial charge is 0.462 e. The first kappa shape index (κ1) is 20.7. The summed E-state index contributed by atoms with van der Waals surface area (Å²) >= 11 is 0. The highest BCUT2D eigenvalue weighted by Gasteiger charge is 2.79. The van der Waals surface area contributed by atoms with E-state index in [9.17, 15) is 9.59 Å². The lowest BCUT2D eigenvalue weighted by Gasteiger charge is -2.58. The number of Topliss-reactive ketones (excluding diaryl/α,β-unsaturated/α-hetero) is 1. The van der Waals surface area contributed by atoms with Crippen molar-refractivity contribution in [1.29, 1.82) is 0 Å². The summed E-state index contributed by atoms with van der Waals surface area (Å²) in [5.74, 6) is 1.95. The number of esters is 1. The molecule has 0 radical (unpaired) electrons. The zero-order valence-electron chi connectivity index (χ0n) is 18.9. The molecule has 0 unspecified atom stereocenters. The van der Waals surface area contributed by atoms with Crippen LogP contribution in [0.2, 0.25) is 0 Å². The van der Waals surface area contributed by atoms with Crippen LogP contribution in [0.25, 0.3) is 0 Å². The Bertz CT molecular complexity index is 788. The monoisotopic (exact) mass is 416 g/mol. The summed E-state index contributed by atoms with van der Waals surface area (Å²) in [4.78, 5) is 24.6. The maximum Gasteiger partial charge on any atom is 0.302 e. The predicted octanol–water partition coefficient (Wildman–Crippen LogP) is 4.23. The van der Waals surface area contributed by atoms with Crippen molar-refractivity contribution in [3.05, 3.63) is 11.6 Å². The van der Waals surface area contributed by atoms with Gasteiger partial charge in [-0.2, -0.15) is 0 Å². The van der Waals surface area contributed by atoms with Gasteiger partial charge in [-0.1, -0.05) is 25.5 Å². The Labute approximate surface area is 179 Å². The fourth-order valence-corrected chi connectivity index (χ4v) is 8.26. The standard InChI is InChI=1S/C25H36O5/c1-15(26)29-17-7-10-23(2)16(13-17)5-6-18-19(23)8-11-24(3)20(18)14-22-25(24,30-22)21(27)9-12-28-4/h5,17-20,22H,6-14H2,1-4H3/t17-,18-,19+,20+,22+,23-,24+,25-/m0/s1. The fourth-order valence-electron chi connectivity index (χ4n) is 8.26. The number of rotatable bonds is 5. The number of carbonyl (C=O) groups is 2. The smallest absolute Gasteiger partial charge is 0.302 e. The first-order valence-corrected chi connectivity index (χ1v) is 11.8. The quantitative estimate of drug-likeness (QED) is 0.381. The van der Waals surface area contributed by atoms with Crippen LogP contribution in [0.3, 0.4) is 0 Å². The summed E-state index contributed by atoms with van der Waals surface area (Å²) in [6.45, 7) is 6.79. The third-order valence-electron chi connectivity index (χ3n) is 9.77.